The Kier molecular flexibility index (Phi) is 10.4. The highest BCUT2D eigenvalue weighted by Gasteiger charge is 2.19. The van der Waals surface area contributed by atoms with Crippen LogP contribution in [0.15, 0.2) is 29.3 Å². The Hall–Kier alpha value is -1.02. The van der Waals surface area contributed by atoms with E-state index in [2.05, 4.69) is 54.3 Å². The van der Waals surface area contributed by atoms with Crippen LogP contribution < -0.4 is 15.4 Å². The molecule has 6 heteroatoms. The van der Waals surface area contributed by atoms with E-state index in [0.29, 0.717) is 12.6 Å². The molecule has 1 saturated heterocycles. The van der Waals surface area contributed by atoms with E-state index in [1.54, 1.807) is 0 Å². The summed E-state index contributed by atoms with van der Waals surface area (Å²) in [6, 6.07) is 8.69. The van der Waals surface area contributed by atoms with E-state index in [9.17, 15) is 0 Å². The Morgan fingerprint density at radius 1 is 1.22 bits per heavy atom. The Bertz CT molecular complexity index is 578. The minimum absolute atomic E-state index is 0. The summed E-state index contributed by atoms with van der Waals surface area (Å²) in [6.07, 6.45) is 3.58. The second-order valence-corrected chi connectivity index (χ2v) is 8.01. The minimum Gasteiger partial charge on any atom is -0.488 e. The lowest BCUT2D eigenvalue weighted by Crippen LogP contribution is -2.48. The molecule has 1 fully saturated rings. The zero-order chi connectivity index (χ0) is 19.0. The molecule has 0 unspecified atom stereocenters. The van der Waals surface area contributed by atoms with E-state index in [1.165, 1.54) is 38.9 Å². The van der Waals surface area contributed by atoms with Gasteiger partial charge in [0.15, 0.2) is 5.96 Å². The number of nitrogens with one attached hydrogen (secondary N) is 2. The average Bonchev–Trinajstić information content (AvgIpc) is 2.60. The maximum Gasteiger partial charge on any atom is 0.191 e. The van der Waals surface area contributed by atoms with E-state index in [1.807, 2.05) is 25.2 Å². The molecule has 0 atom stereocenters. The first-order valence-electron chi connectivity index (χ1n) is 9.87. The molecule has 5 nitrogen and oxygen atoms in total. The van der Waals surface area contributed by atoms with Crippen LogP contribution in [0.1, 0.15) is 52.5 Å². The molecule has 2 N–H and O–H groups in total. The molecule has 0 radical (unpaired) electrons. The van der Waals surface area contributed by atoms with Gasteiger partial charge in [-0.25, -0.2) is 0 Å². The third-order valence-corrected chi connectivity index (χ3v) is 4.53. The van der Waals surface area contributed by atoms with Gasteiger partial charge < -0.3 is 20.3 Å². The Labute approximate surface area is 182 Å². The van der Waals surface area contributed by atoms with E-state index < -0.39 is 0 Å². The lowest BCUT2D eigenvalue weighted by molar-refractivity contribution is 0.129. The largest absolute Gasteiger partial charge is 0.488 e. The summed E-state index contributed by atoms with van der Waals surface area (Å²) in [4.78, 5) is 6.95. The molecular weight excluding hydrogens is 451 g/mol. The fourth-order valence-electron chi connectivity index (χ4n) is 3.26. The number of likely N-dealkylation sites (tertiary alicyclic amines) is 1. The lowest BCUT2D eigenvalue weighted by Gasteiger charge is -2.32. The molecule has 0 aliphatic carbocycles. The summed E-state index contributed by atoms with van der Waals surface area (Å²) in [5.41, 5.74) is 0.936. The first-order chi connectivity index (χ1) is 12.4. The van der Waals surface area contributed by atoms with Crippen molar-refractivity contribution in [2.24, 2.45) is 4.99 Å². The van der Waals surface area contributed by atoms with Gasteiger partial charge >= 0.3 is 0 Å². The molecule has 0 bridgehead atoms. The van der Waals surface area contributed by atoms with Crippen LogP contribution in [0.4, 0.5) is 0 Å². The predicted octanol–water partition coefficient (Wildman–Crippen LogP) is 4.02. The van der Waals surface area contributed by atoms with Crippen LogP contribution in [-0.4, -0.2) is 49.2 Å². The number of halogens is 1. The fourth-order valence-corrected chi connectivity index (χ4v) is 3.26. The number of rotatable bonds is 6. The van der Waals surface area contributed by atoms with Crippen molar-refractivity contribution in [3.8, 4) is 5.75 Å². The molecule has 27 heavy (non-hydrogen) atoms. The van der Waals surface area contributed by atoms with Gasteiger partial charge in [0.1, 0.15) is 11.4 Å². The smallest absolute Gasteiger partial charge is 0.191 e. The van der Waals surface area contributed by atoms with Gasteiger partial charge in [-0.2, -0.15) is 0 Å². The monoisotopic (exact) mass is 488 g/mol. The predicted molar refractivity (Wildman–Crippen MR) is 125 cm³/mol. The van der Waals surface area contributed by atoms with Crippen LogP contribution in [0.3, 0.4) is 0 Å². The number of hydrogen-bond acceptors (Lipinski definition) is 3. The summed E-state index contributed by atoms with van der Waals surface area (Å²) < 4.78 is 6.08. The number of guanidine groups is 1. The van der Waals surface area contributed by atoms with Crippen molar-refractivity contribution in [1.29, 1.82) is 0 Å². The molecule has 1 aliphatic heterocycles. The SMILES string of the molecule is CCCN1CCC(NC(=NC)NCc2ccccc2OC(C)(C)C)CC1.I. The second-order valence-electron chi connectivity index (χ2n) is 8.01. The molecule has 1 aromatic rings. The van der Waals surface area contributed by atoms with Crippen molar-refractivity contribution in [1.82, 2.24) is 15.5 Å². The minimum atomic E-state index is -0.206. The number of hydrogen-bond donors (Lipinski definition) is 2. The first-order valence-corrected chi connectivity index (χ1v) is 9.87. The summed E-state index contributed by atoms with van der Waals surface area (Å²) in [5, 5.41) is 7.02. The van der Waals surface area contributed by atoms with Crippen LogP contribution in [0.2, 0.25) is 0 Å². The highest BCUT2D eigenvalue weighted by Crippen LogP contribution is 2.22. The van der Waals surface area contributed by atoms with Gasteiger partial charge in [-0.05, 0) is 52.6 Å². The number of benzene rings is 1. The molecule has 0 aromatic heterocycles. The highest BCUT2D eigenvalue weighted by molar-refractivity contribution is 14.0. The van der Waals surface area contributed by atoms with E-state index in [0.717, 1.165) is 17.3 Å². The van der Waals surface area contributed by atoms with Crippen LogP contribution >= 0.6 is 24.0 Å². The van der Waals surface area contributed by atoms with E-state index in [4.69, 9.17) is 4.74 Å². The topological polar surface area (TPSA) is 48.9 Å². The van der Waals surface area contributed by atoms with Gasteiger partial charge in [0.05, 0.1) is 0 Å². The van der Waals surface area contributed by atoms with E-state index in [-0.39, 0.29) is 29.6 Å². The highest BCUT2D eigenvalue weighted by atomic mass is 127. The molecule has 0 saturated carbocycles. The molecular formula is C21H37IN4O. The van der Waals surface area contributed by atoms with Crippen molar-refractivity contribution in [2.75, 3.05) is 26.7 Å². The standard InChI is InChI=1S/C21H36N4O.HI/c1-6-13-25-14-11-18(12-15-25)24-20(22-5)23-16-17-9-7-8-10-19(17)26-21(2,3)4;/h7-10,18H,6,11-16H2,1-5H3,(H2,22,23,24);1H. The van der Waals surface area contributed by atoms with Gasteiger partial charge in [-0.1, -0.05) is 25.1 Å². The van der Waals surface area contributed by atoms with Crippen molar-refractivity contribution in [2.45, 2.75) is 65.1 Å². The zero-order valence-corrected chi connectivity index (χ0v) is 19.9. The first kappa shape index (κ1) is 24.0. The third kappa shape index (κ3) is 8.68. The number of ether oxygens (including phenoxy) is 1. The zero-order valence-electron chi connectivity index (χ0n) is 17.5. The Morgan fingerprint density at radius 2 is 1.89 bits per heavy atom. The number of aliphatic imine (C=N–C) groups is 1. The number of piperidine rings is 1. The lowest BCUT2D eigenvalue weighted by atomic mass is 10.1. The second kappa shape index (κ2) is 11.7. The Balaban J connectivity index is 0.00000364. The van der Waals surface area contributed by atoms with Gasteiger partial charge in [0.2, 0.25) is 0 Å². The van der Waals surface area contributed by atoms with Gasteiger partial charge in [0.25, 0.3) is 0 Å². The summed E-state index contributed by atoms with van der Waals surface area (Å²) >= 11 is 0. The molecule has 154 valence electrons. The molecule has 0 spiro atoms. The van der Waals surface area contributed by atoms with Crippen LogP contribution in [-0.2, 0) is 6.54 Å². The fraction of sp³-hybridized carbons (Fsp3) is 0.667. The van der Waals surface area contributed by atoms with Crippen LogP contribution in [0.25, 0.3) is 0 Å². The summed E-state index contributed by atoms with van der Waals surface area (Å²) in [6.45, 7) is 12.7. The maximum absolute atomic E-state index is 6.08. The summed E-state index contributed by atoms with van der Waals surface area (Å²) in [7, 11) is 1.83. The van der Waals surface area contributed by atoms with Gasteiger partial charge in [0, 0.05) is 38.3 Å². The van der Waals surface area contributed by atoms with Crippen molar-refractivity contribution in [3.63, 3.8) is 0 Å². The van der Waals surface area contributed by atoms with Crippen molar-refractivity contribution >= 4 is 29.9 Å². The molecule has 2 rings (SSSR count). The number of nitrogens with zero attached hydrogens (tertiary/aromatic N) is 2. The van der Waals surface area contributed by atoms with Crippen LogP contribution in [0, 0.1) is 0 Å². The molecule has 1 aromatic carbocycles. The molecule has 1 aliphatic rings. The number of para-hydroxylation sites is 1. The third-order valence-electron chi connectivity index (χ3n) is 4.53. The van der Waals surface area contributed by atoms with Crippen LogP contribution in [0.5, 0.6) is 5.75 Å². The van der Waals surface area contributed by atoms with Crippen molar-refractivity contribution in [3.05, 3.63) is 29.8 Å². The quantitative estimate of drug-likeness (QED) is 0.361. The normalized spacial score (nSPS) is 16.6. The van der Waals surface area contributed by atoms with Gasteiger partial charge in [-0.15, -0.1) is 24.0 Å². The Morgan fingerprint density at radius 3 is 2.48 bits per heavy atom. The average molecular weight is 488 g/mol. The summed E-state index contributed by atoms with van der Waals surface area (Å²) in [5.74, 6) is 1.79. The van der Waals surface area contributed by atoms with E-state index >= 15 is 0 Å². The van der Waals surface area contributed by atoms with Crippen molar-refractivity contribution < 1.29 is 4.74 Å². The molecule has 1 heterocycles. The molecule has 0 amide bonds. The van der Waals surface area contributed by atoms with Gasteiger partial charge in [-0.3, -0.25) is 4.99 Å². The maximum atomic E-state index is 6.08.